The Morgan fingerprint density at radius 1 is 1.19 bits per heavy atom. The van der Waals surface area contributed by atoms with E-state index in [-0.39, 0.29) is 5.91 Å². The Morgan fingerprint density at radius 2 is 2.04 bits per heavy atom. The Morgan fingerprint density at radius 3 is 2.77 bits per heavy atom. The number of hydrogen-bond acceptors (Lipinski definition) is 5. The lowest BCUT2D eigenvalue weighted by Crippen LogP contribution is -2.42. The molecule has 0 bridgehead atoms. The Balaban J connectivity index is 1.22. The molecule has 7 nitrogen and oxygen atoms in total. The van der Waals surface area contributed by atoms with Crippen molar-refractivity contribution in [2.45, 2.75) is 38.1 Å². The van der Waals surface area contributed by atoms with E-state index in [2.05, 4.69) is 29.7 Å². The molecule has 1 aliphatic carbocycles. The van der Waals surface area contributed by atoms with Crippen LogP contribution < -0.4 is 5.32 Å². The van der Waals surface area contributed by atoms with Crippen molar-refractivity contribution in [2.24, 2.45) is 5.92 Å². The van der Waals surface area contributed by atoms with Gasteiger partial charge < -0.3 is 14.8 Å². The third-order valence-corrected chi connectivity index (χ3v) is 5.26. The summed E-state index contributed by atoms with van der Waals surface area (Å²) < 4.78 is 2.11. The fourth-order valence-corrected chi connectivity index (χ4v) is 3.54. The quantitative estimate of drug-likeness (QED) is 0.819. The summed E-state index contributed by atoms with van der Waals surface area (Å²) in [6.07, 6.45) is 13.7. The summed E-state index contributed by atoms with van der Waals surface area (Å²) in [6.45, 7) is 4.87. The molecule has 3 heterocycles. The number of carbonyl (C=O) groups excluding carboxylic acids is 1. The third kappa shape index (κ3) is 4.46. The highest BCUT2D eigenvalue weighted by atomic mass is 16.1. The molecule has 0 spiro atoms. The highest BCUT2D eigenvalue weighted by molar-refractivity contribution is 5.93. The van der Waals surface area contributed by atoms with Crippen LogP contribution in [0.15, 0.2) is 31.1 Å². The molecule has 138 valence electrons. The Hall–Kier alpha value is -2.28. The normalized spacial score (nSPS) is 20.8. The predicted molar refractivity (Wildman–Crippen MR) is 97.7 cm³/mol. The Kier molecular flexibility index (Phi) is 5.24. The van der Waals surface area contributed by atoms with Crippen molar-refractivity contribution in [3.63, 3.8) is 0 Å². The van der Waals surface area contributed by atoms with Crippen molar-refractivity contribution in [1.82, 2.24) is 29.7 Å². The number of rotatable bonds is 7. The van der Waals surface area contributed by atoms with Crippen LogP contribution >= 0.6 is 0 Å². The number of piperidine rings is 1. The molecule has 1 saturated carbocycles. The van der Waals surface area contributed by atoms with Gasteiger partial charge in [0.2, 0.25) is 0 Å². The number of carbonyl (C=O) groups is 1. The van der Waals surface area contributed by atoms with Gasteiger partial charge in [-0.15, -0.1) is 0 Å². The summed E-state index contributed by atoms with van der Waals surface area (Å²) in [4.78, 5) is 27.6. The van der Waals surface area contributed by atoms with Crippen LogP contribution in [0.3, 0.4) is 0 Å². The van der Waals surface area contributed by atoms with Gasteiger partial charge in [-0.05, 0) is 38.1 Å². The predicted octanol–water partition coefficient (Wildman–Crippen LogP) is 1.69. The molecular weight excluding hydrogens is 328 g/mol. The van der Waals surface area contributed by atoms with E-state index in [9.17, 15) is 4.79 Å². The number of amides is 1. The smallest absolute Gasteiger partial charge is 0.254 e. The van der Waals surface area contributed by atoms with Crippen molar-refractivity contribution in [1.29, 1.82) is 0 Å². The van der Waals surface area contributed by atoms with Gasteiger partial charge in [-0.25, -0.2) is 15.0 Å². The highest BCUT2D eigenvalue weighted by Crippen LogP contribution is 2.37. The fraction of sp³-hybridized carbons (Fsp3) is 0.579. The van der Waals surface area contributed by atoms with E-state index in [1.807, 2.05) is 18.7 Å². The summed E-state index contributed by atoms with van der Waals surface area (Å²) in [5.41, 5.74) is 0.558. The maximum atomic E-state index is 12.3. The standard InChI is InChI=1S/C19H26N6O/c26-19(17-11-21-18(22-12-17)16-3-4-16)23-10-15-2-1-6-24(13-15)8-9-25-7-5-20-14-25/h5,7,11-12,14-16H,1-4,6,8-10,13H2,(H,23,26). The van der Waals surface area contributed by atoms with E-state index in [1.54, 1.807) is 12.4 Å². The average Bonchev–Trinajstić information content (AvgIpc) is 3.40. The molecule has 2 fully saturated rings. The molecule has 7 heteroatoms. The van der Waals surface area contributed by atoms with Crippen LogP contribution in [0.2, 0.25) is 0 Å². The van der Waals surface area contributed by atoms with Crippen LogP contribution in [0.4, 0.5) is 0 Å². The third-order valence-electron chi connectivity index (χ3n) is 5.26. The lowest BCUT2D eigenvalue weighted by Gasteiger charge is -2.32. The molecule has 1 unspecified atom stereocenters. The second-order valence-electron chi connectivity index (χ2n) is 7.42. The van der Waals surface area contributed by atoms with E-state index in [0.29, 0.717) is 23.9 Å². The maximum absolute atomic E-state index is 12.3. The zero-order chi connectivity index (χ0) is 17.8. The van der Waals surface area contributed by atoms with Crippen LogP contribution in [0.25, 0.3) is 0 Å². The Bertz CT molecular complexity index is 710. The van der Waals surface area contributed by atoms with Crippen molar-refractivity contribution in [3.05, 3.63) is 42.5 Å². The first kappa shape index (κ1) is 17.1. The van der Waals surface area contributed by atoms with Crippen LogP contribution in [0, 0.1) is 5.92 Å². The average molecular weight is 354 g/mol. The van der Waals surface area contributed by atoms with E-state index >= 15 is 0 Å². The highest BCUT2D eigenvalue weighted by Gasteiger charge is 2.26. The van der Waals surface area contributed by atoms with Crippen molar-refractivity contribution in [2.75, 3.05) is 26.2 Å². The minimum Gasteiger partial charge on any atom is -0.352 e. The van der Waals surface area contributed by atoms with Gasteiger partial charge in [-0.3, -0.25) is 4.79 Å². The lowest BCUT2D eigenvalue weighted by molar-refractivity contribution is 0.0931. The number of imidazole rings is 1. The minimum absolute atomic E-state index is 0.0668. The molecule has 1 N–H and O–H groups in total. The first-order chi connectivity index (χ1) is 12.8. The molecule has 2 aliphatic rings. The molecule has 4 rings (SSSR count). The van der Waals surface area contributed by atoms with Crippen molar-refractivity contribution in [3.8, 4) is 0 Å². The molecule has 1 amide bonds. The molecule has 2 aromatic rings. The van der Waals surface area contributed by atoms with E-state index in [1.165, 1.54) is 25.7 Å². The molecule has 26 heavy (non-hydrogen) atoms. The van der Waals surface area contributed by atoms with Gasteiger partial charge >= 0.3 is 0 Å². The summed E-state index contributed by atoms with van der Waals surface area (Å²) >= 11 is 0. The van der Waals surface area contributed by atoms with E-state index < -0.39 is 0 Å². The molecule has 1 aliphatic heterocycles. The monoisotopic (exact) mass is 354 g/mol. The molecule has 2 aromatic heterocycles. The second kappa shape index (κ2) is 7.95. The van der Waals surface area contributed by atoms with Gasteiger partial charge in [0, 0.05) is 56.9 Å². The number of nitrogens with zero attached hydrogens (tertiary/aromatic N) is 5. The van der Waals surface area contributed by atoms with Gasteiger partial charge in [0.15, 0.2) is 0 Å². The summed E-state index contributed by atoms with van der Waals surface area (Å²) in [6, 6.07) is 0. The van der Waals surface area contributed by atoms with Gasteiger partial charge in [0.25, 0.3) is 5.91 Å². The van der Waals surface area contributed by atoms with E-state index in [0.717, 1.165) is 32.0 Å². The molecule has 0 aromatic carbocycles. The first-order valence-electron chi connectivity index (χ1n) is 9.56. The largest absolute Gasteiger partial charge is 0.352 e. The Labute approximate surface area is 153 Å². The van der Waals surface area contributed by atoms with Crippen molar-refractivity contribution >= 4 is 5.91 Å². The molecule has 1 atom stereocenters. The molecule has 0 radical (unpaired) electrons. The topological polar surface area (TPSA) is 75.9 Å². The van der Waals surface area contributed by atoms with Crippen LogP contribution in [0.1, 0.15) is 47.8 Å². The molecular formula is C19H26N6O. The maximum Gasteiger partial charge on any atom is 0.254 e. The zero-order valence-electron chi connectivity index (χ0n) is 15.0. The van der Waals surface area contributed by atoms with Crippen LogP contribution in [-0.4, -0.2) is 56.5 Å². The van der Waals surface area contributed by atoms with Gasteiger partial charge in [-0.2, -0.15) is 0 Å². The zero-order valence-corrected chi connectivity index (χ0v) is 15.0. The number of nitrogens with one attached hydrogen (secondary N) is 1. The van der Waals surface area contributed by atoms with Gasteiger partial charge in [0.05, 0.1) is 11.9 Å². The van der Waals surface area contributed by atoms with Gasteiger partial charge in [0.1, 0.15) is 5.82 Å². The van der Waals surface area contributed by atoms with Gasteiger partial charge in [-0.1, -0.05) is 0 Å². The number of aromatic nitrogens is 4. The van der Waals surface area contributed by atoms with Crippen molar-refractivity contribution < 1.29 is 4.79 Å². The summed E-state index contributed by atoms with van der Waals surface area (Å²) in [5, 5.41) is 3.06. The fourth-order valence-electron chi connectivity index (χ4n) is 3.54. The lowest BCUT2D eigenvalue weighted by atomic mass is 9.98. The first-order valence-corrected chi connectivity index (χ1v) is 9.56. The van der Waals surface area contributed by atoms with Crippen LogP contribution in [0.5, 0.6) is 0 Å². The number of hydrogen-bond donors (Lipinski definition) is 1. The minimum atomic E-state index is -0.0668. The van der Waals surface area contributed by atoms with Crippen LogP contribution in [-0.2, 0) is 6.54 Å². The SMILES string of the molecule is O=C(NCC1CCCN(CCn2ccnc2)C1)c1cnc(C2CC2)nc1. The van der Waals surface area contributed by atoms with E-state index in [4.69, 9.17) is 0 Å². The molecule has 1 saturated heterocycles. The summed E-state index contributed by atoms with van der Waals surface area (Å²) in [5.74, 6) is 1.83. The summed E-state index contributed by atoms with van der Waals surface area (Å²) in [7, 11) is 0. The number of likely N-dealkylation sites (tertiary alicyclic amines) is 1. The second-order valence-corrected chi connectivity index (χ2v) is 7.42.